The average Bonchev–Trinajstić information content (AvgIpc) is 2.96. The maximum atomic E-state index is 13.1. The molecule has 2 aromatic rings. The summed E-state index contributed by atoms with van der Waals surface area (Å²) in [6, 6.07) is 8.17. The lowest BCUT2D eigenvalue weighted by Gasteiger charge is -2.33. The minimum atomic E-state index is -0.187. The molecule has 0 saturated heterocycles. The number of fused-ring (bicyclic) bond motifs is 1. The number of aryl methyl sites for hydroxylation is 1. The summed E-state index contributed by atoms with van der Waals surface area (Å²) in [7, 11) is 0. The standard InChI is InChI=1S/C16H20N4OS2/c1-10(2)13(22-16-19-18-15(17)23-16)14(21)20-9-5-7-11-6-3-4-8-12(11)20/h3-4,6,8,10,13H,5,7,9H2,1-2H3,(H2,17,18)/t13-/m1/s1. The number of nitrogens with zero attached hydrogens (tertiary/aromatic N) is 3. The van der Waals surface area contributed by atoms with Crippen molar-refractivity contribution in [1.82, 2.24) is 10.2 Å². The number of para-hydroxylation sites is 1. The van der Waals surface area contributed by atoms with Gasteiger partial charge in [0, 0.05) is 12.2 Å². The van der Waals surface area contributed by atoms with Crippen LogP contribution in [-0.4, -0.2) is 27.9 Å². The molecular weight excluding hydrogens is 328 g/mol. The number of aromatic nitrogens is 2. The van der Waals surface area contributed by atoms with E-state index in [-0.39, 0.29) is 17.1 Å². The van der Waals surface area contributed by atoms with Gasteiger partial charge in [-0.3, -0.25) is 4.79 Å². The van der Waals surface area contributed by atoms with Gasteiger partial charge in [0.2, 0.25) is 11.0 Å². The number of rotatable bonds is 4. The van der Waals surface area contributed by atoms with E-state index in [2.05, 4.69) is 30.1 Å². The van der Waals surface area contributed by atoms with Crippen molar-refractivity contribution < 1.29 is 4.79 Å². The summed E-state index contributed by atoms with van der Waals surface area (Å²) in [6.07, 6.45) is 2.04. The molecule has 2 N–H and O–H groups in total. The zero-order chi connectivity index (χ0) is 16.4. The van der Waals surface area contributed by atoms with Crippen molar-refractivity contribution in [3.63, 3.8) is 0 Å². The van der Waals surface area contributed by atoms with Gasteiger partial charge in [-0.2, -0.15) is 0 Å². The molecule has 1 atom stereocenters. The molecule has 5 nitrogen and oxygen atoms in total. The number of carbonyl (C=O) groups excluding carboxylic acids is 1. The predicted octanol–water partition coefficient (Wildman–Crippen LogP) is 3.22. The Bertz CT molecular complexity index is 701. The van der Waals surface area contributed by atoms with E-state index in [4.69, 9.17) is 5.73 Å². The van der Waals surface area contributed by atoms with Crippen LogP contribution in [0.15, 0.2) is 28.6 Å². The normalized spacial score (nSPS) is 15.5. The lowest BCUT2D eigenvalue weighted by atomic mass is 10.0. The zero-order valence-corrected chi connectivity index (χ0v) is 14.9. The second kappa shape index (κ2) is 6.88. The van der Waals surface area contributed by atoms with E-state index in [9.17, 15) is 4.79 Å². The first-order valence-corrected chi connectivity index (χ1v) is 9.41. The molecule has 0 aliphatic carbocycles. The number of carbonyl (C=O) groups is 1. The predicted molar refractivity (Wildman–Crippen MR) is 95.9 cm³/mol. The Morgan fingerprint density at radius 2 is 2.13 bits per heavy atom. The number of nitrogens with two attached hydrogens (primary N) is 1. The SMILES string of the molecule is CC(C)[C@@H](Sc1nnc(N)s1)C(=O)N1CCCc2ccccc21. The van der Waals surface area contributed by atoms with Gasteiger partial charge >= 0.3 is 0 Å². The van der Waals surface area contributed by atoms with E-state index < -0.39 is 0 Å². The van der Waals surface area contributed by atoms with Crippen LogP contribution in [0.2, 0.25) is 0 Å². The lowest BCUT2D eigenvalue weighted by molar-refractivity contribution is -0.118. The Balaban J connectivity index is 1.84. The monoisotopic (exact) mass is 348 g/mol. The first kappa shape index (κ1) is 16.3. The number of benzene rings is 1. The summed E-state index contributed by atoms with van der Waals surface area (Å²) in [5, 5.41) is 8.13. The van der Waals surface area contributed by atoms with Crippen molar-refractivity contribution in [2.45, 2.75) is 36.3 Å². The summed E-state index contributed by atoms with van der Waals surface area (Å²) >= 11 is 2.80. The molecular formula is C16H20N4OS2. The van der Waals surface area contributed by atoms with Gasteiger partial charge in [0.05, 0.1) is 5.25 Å². The third kappa shape index (κ3) is 3.50. The fourth-order valence-electron chi connectivity index (χ4n) is 2.76. The van der Waals surface area contributed by atoms with Gasteiger partial charge in [0.25, 0.3) is 0 Å². The molecule has 1 aliphatic heterocycles. The third-order valence-electron chi connectivity index (χ3n) is 3.88. The van der Waals surface area contributed by atoms with Gasteiger partial charge in [-0.05, 0) is 30.4 Å². The van der Waals surface area contributed by atoms with Gasteiger partial charge in [-0.15, -0.1) is 10.2 Å². The van der Waals surface area contributed by atoms with Gasteiger partial charge in [0.15, 0.2) is 4.34 Å². The van der Waals surface area contributed by atoms with Crippen molar-refractivity contribution in [1.29, 1.82) is 0 Å². The van der Waals surface area contributed by atoms with Crippen LogP contribution < -0.4 is 10.6 Å². The summed E-state index contributed by atoms with van der Waals surface area (Å²) in [5.74, 6) is 0.345. The number of anilines is 2. The summed E-state index contributed by atoms with van der Waals surface area (Å²) in [4.78, 5) is 15.1. The second-order valence-electron chi connectivity index (χ2n) is 5.91. The molecule has 3 rings (SSSR count). The van der Waals surface area contributed by atoms with E-state index in [1.165, 1.54) is 28.7 Å². The Morgan fingerprint density at radius 1 is 1.35 bits per heavy atom. The van der Waals surface area contributed by atoms with Crippen LogP contribution >= 0.6 is 23.1 Å². The molecule has 122 valence electrons. The second-order valence-corrected chi connectivity index (χ2v) is 8.31. The molecule has 0 unspecified atom stereocenters. The Hall–Kier alpha value is -1.60. The van der Waals surface area contributed by atoms with Crippen molar-refractivity contribution >= 4 is 39.8 Å². The fraction of sp³-hybridized carbons (Fsp3) is 0.438. The van der Waals surface area contributed by atoms with Crippen molar-refractivity contribution in [3.05, 3.63) is 29.8 Å². The number of amides is 1. The molecule has 0 saturated carbocycles. The van der Waals surface area contributed by atoms with Crippen LogP contribution in [0.25, 0.3) is 0 Å². The third-order valence-corrected chi connectivity index (χ3v) is 6.24. The molecule has 1 aromatic carbocycles. The van der Waals surface area contributed by atoms with E-state index >= 15 is 0 Å². The number of nitrogen functional groups attached to an aromatic ring is 1. The van der Waals surface area contributed by atoms with Crippen LogP contribution in [-0.2, 0) is 11.2 Å². The summed E-state index contributed by atoms with van der Waals surface area (Å²) in [6.45, 7) is 4.91. The molecule has 1 amide bonds. The fourth-order valence-corrected chi connectivity index (χ4v) is 4.67. The minimum Gasteiger partial charge on any atom is -0.374 e. The Morgan fingerprint density at radius 3 is 2.83 bits per heavy atom. The van der Waals surface area contributed by atoms with E-state index in [0.29, 0.717) is 5.13 Å². The van der Waals surface area contributed by atoms with Crippen LogP contribution in [0.5, 0.6) is 0 Å². The smallest absolute Gasteiger partial charge is 0.240 e. The number of hydrogen-bond acceptors (Lipinski definition) is 6. The quantitative estimate of drug-likeness (QED) is 0.859. The minimum absolute atomic E-state index is 0.144. The molecule has 0 bridgehead atoms. The zero-order valence-electron chi connectivity index (χ0n) is 13.2. The highest BCUT2D eigenvalue weighted by Crippen LogP contribution is 2.35. The maximum absolute atomic E-state index is 13.1. The molecule has 0 spiro atoms. The number of hydrogen-bond donors (Lipinski definition) is 1. The lowest BCUT2D eigenvalue weighted by Crippen LogP contribution is -2.42. The highest BCUT2D eigenvalue weighted by atomic mass is 32.2. The van der Waals surface area contributed by atoms with Crippen molar-refractivity contribution in [3.8, 4) is 0 Å². The van der Waals surface area contributed by atoms with Gasteiger partial charge in [0.1, 0.15) is 0 Å². The maximum Gasteiger partial charge on any atom is 0.240 e. The molecule has 7 heteroatoms. The van der Waals surface area contributed by atoms with Crippen LogP contribution in [0, 0.1) is 5.92 Å². The van der Waals surface area contributed by atoms with Crippen molar-refractivity contribution in [2.24, 2.45) is 5.92 Å². The molecule has 0 radical (unpaired) electrons. The molecule has 23 heavy (non-hydrogen) atoms. The highest BCUT2D eigenvalue weighted by Gasteiger charge is 2.32. The van der Waals surface area contributed by atoms with Crippen LogP contribution in [0.1, 0.15) is 25.8 Å². The molecule has 1 aromatic heterocycles. The largest absolute Gasteiger partial charge is 0.374 e. The molecule has 2 heterocycles. The Kier molecular flexibility index (Phi) is 4.87. The van der Waals surface area contributed by atoms with E-state index in [0.717, 1.165) is 29.4 Å². The van der Waals surface area contributed by atoms with Crippen molar-refractivity contribution in [2.75, 3.05) is 17.2 Å². The van der Waals surface area contributed by atoms with Gasteiger partial charge in [-0.25, -0.2) is 0 Å². The molecule has 0 fully saturated rings. The van der Waals surface area contributed by atoms with Crippen LogP contribution in [0.3, 0.4) is 0 Å². The van der Waals surface area contributed by atoms with E-state index in [1.54, 1.807) is 0 Å². The molecule has 1 aliphatic rings. The topological polar surface area (TPSA) is 72.1 Å². The summed E-state index contributed by atoms with van der Waals surface area (Å²) in [5.41, 5.74) is 7.95. The van der Waals surface area contributed by atoms with E-state index in [1.807, 2.05) is 23.1 Å². The average molecular weight is 348 g/mol. The highest BCUT2D eigenvalue weighted by molar-refractivity contribution is 8.02. The van der Waals surface area contributed by atoms with Gasteiger partial charge in [-0.1, -0.05) is 55.1 Å². The first-order valence-electron chi connectivity index (χ1n) is 7.71. The first-order chi connectivity index (χ1) is 11.1. The Labute approximate surface area is 144 Å². The summed E-state index contributed by atoms with van der Waals surface area (Å²) < 4.78 is 0.750. The van der Waals surface area contributed by atoms with Gasteiger partial charge < -0.3 is 10.6 Å². The van der Waals surface area contributed by atoms with Crippen LogP contribution in [0.4, 0.5) is 10.8 Å². The number of thioether (sulfide) groups is 1.